The molecule has 0 N–H and O–H groups in total. The van der Waals surface area contributed by atoms with Gasteiger partial charge >= 0.3 is 0 Å². The van der Waals surface area contributed by atoms with Crippen LogP contribution in [0.5, 0.6) is 0 Å². The van der Waals surface area contributed by atoms with Gasteiger partial charge in [-0.25, -0.2) is 0 Å². The Labute approximate surface area is 299 Å². The van der Waals surface area contributed by atoms with E-state index in [4.69, 9.17) is 0 Å². The summed E-state index contributed by atoms with van der Waals surface area (Å²) in [5.41, 5.74) is 12.9. The number of rotatable bonds is 7. The topological polar surface area (TPSA) is 3.24 Å². The largest absolute Gasteiger partial charge is 0.310 e. The standard InChI is InChI=1S/C50H35N/c1-4-16-36(17-5-1)43-23-12-13-25-46(43)47-26-14-15-27-50(47)51(41-31-30-40-29-28-39-22-10-11-24-44(39)49(40)34-41)42-32-33-45(37-18-6-2-7-19-37)48(35-42)38-20-8-3-9-21-38/h1-35H. The van der Waals surface area contributed by atoms with E-state index in [1.807, 2.05) is 0 Å². The van der Waals surface area contributed by atoms with Crippen LogP contribution < -0.4 is 4.90 Å². The van der Waals surface area contributed by atoms with Crippen LogP contribution in [0.15, 0.2) is 212 Å². The summed E-state index contributed by atoms with van der Waals surface area (Å²) in [5.74, 6) is 0. The van der Waals surface area contributed by atoms with E-state index in [9.17, 15) is 0 Å². The van der Waals surface area contributed by atoms with Crippen LogP contribution in [0.4, 0.5) is 17.1 Å². The first-order valence-electron chi connectivity index (χ1n) is 17.5. The number of benzene rings is 9. The third-order valence-corrected chi connectivity index (χ3v) is 9.87. The van der Waals surface area contributed by atoms with Crippen molar-refractivity contribution in [3.05, 3.63) is 212 Å². The Balaban J connectivity index is 1.32. The molecule has 0 atom stereocenters. The van der Waals surface area contributed by atoms with Crippen molar-refractivity contribution in [1.82, 2.24) is 0 Å². The Bertz CT molecular complexity index is 2620. The molecule has 0 aliphatic carbocycles. The molecule has 240 valence electrons. The highest BCUT2D eigenvalue weighted by molar-refractivity contribution is 6.09. The summed E-state index contributed by atoms with van der Waals surface area (Å²) >= 11 is 0. The summed E-state index contributed by atoms with van der Waals surface area (Å²) < 4.78 is 0. The summed E-state index contributed by atoms with van der Waals surface area (Å²) in [4.78, 5) is 2.44. The van der Waals surface area contributed by atoms with Gasteiger partial charge in [0.1, 0.15) is 0 Å². The maximum Gasteiger partial charge on any atom is 0.0540 e. The molecule has 0 bridgehead atoms. The second-order valence-corrected chi connectivity index (χ2v) is 12.9. The number of hydrogen-bond donors (Lipinski definition) is 0. The fourth-order valence-corrected chi connectivity index (χ4v) is 7.44. The van der Waals surface area contributed by atoms with Crippen molar-refractivity contribution in [2.75, 3.05) is 4.90 Å². The number of anilines is 3. The van der Waals surface area contributed by atoms with Crippen LogP contribution in [0.2, 0.25) is 0 Å². The van der Waals surface area contributed by atoms with Crippen molar-refractivity contribution in [2.45, 2.75) is 0 Å². The second kappa shape index (κ2) is 13.3. The zero-order valence-corrected chi connectivity index (χ0v) is 28.2. The third kappa shape index (κ3) is 5.75. The number of hydrogen-bond acceptors (Lipinski definition) is 1. The summed E-state index contributed by atoms with van der Waals surface area (Å²) in [5, 5.41) is 4.96. The van der Waals surface area contributed by atoms with Gasteiger partial charge in [0.25, 0.3) is 0 Å². The summed E-state index contributed by atoms with van der Waals surface area (Å²) in [6.07, 6.45) is 0. The Hall–Kier alpha value is -6.70. The van der Waals surface area contributed by atoms with Crippen LogP contribution >= 0.6 is 0 Å². The normalized spacial score (nSPS) is 11.1. The highest BCUT2D eigenvalue weighted by Crippen LogP contribution is 2.46. The van der Waals surface area contributed by atoms with Crippen molar-refractivity contribution < 1.29 is 0 Å². The molecule has 1 heteroatoms. The SMILES string of the molecule is c1ccc(-c2ccc(N(c3ccc4ccc5ccccc5c4c3)c3ccccc3-c3ccccc3-c3ccccc3)cc2-c2ccccc2)cc1. The van der Waals surface area contributed by atoms with Crippen molar-refractivity contribution >= 4 is 38.6 Å². The fraction of sp³-hybridized carbons (Fsp3) is 0. The van der Waals surface area contributed by atoms with E-state index in [2.05, 4.69) is 217 Å². The maximum atomic E-state index is 2.44. The lowest BCUT2D eigenvalue weighted by Gasteiger charge is -2.29. The molecular formula is C50H35N. The summed E-state index contributed by atoms with van der Waals surface area (Å²) in [6, 6.07) is 76.7. The minimum Gasteiger partial charge on any atom is -0.310 e. The smallest absolute Gasteiger partial charge is 0.0540 e. The molecule has 0 radical (unpaired) electrons. The molecule has 9 aromatic carbocycles. The maximum absolute atomic E-state index is 2.44. The molecule has 0 unspecified atom stereocenters. The van der Waals surface area contributed by atoms with Gasteiger partial charge in [-0.15, -0.1) is 0 Å². The van der Waals surface area contributed by atoms with Gasteiger partial charge in [0.2, 0.25) is 0 Å². The van der Waals surface area contributed by atoms with E-state index in [0.717, 1.165) is 17.1 Å². The molecule has 0 saturated heterocycles. The van der Waals surface area contributed by atoms with Crippen LogP contribution in [0.3, 0.4) is 0 Å². The lowest BCUT2D eigenvalue weighted by molar-refractivity contribution is 1.29. The van der Waals surface area contributed by atoms with Gasteiger partial charge in [0, 0.05) is 16.9 Å². The van der Waals surface area contributed by atoms with E-state index in [0.29, 0.717) is 0 Å². The second-order valence-electron chi connectivity index (χ2n) is 12.9. The Morgan fingerprint density at radius 1 is 0.255 bits per heavy atom. The van der Waals surface area contributed by atoms with Gasteiger partial charge in [-0.1, -0.05) is 182 Å². The monoisotopic (exact) mass is 649 g/mol. The van der Waals surface area contributed by atoms with Crippen LogP contribution in [-0.2, 0) is 0 Å². The van der Waals surface area contributed by atoms with Crippen LogP contribution in [0.25, 0.3) is 66.1 Å². The molecule has 0 spiro atoms. The first-order valence-corrected chi connectivity index (χ1v) is 17.5. The molecule has 0 aliphatic rings. The molecule has 9 rings (SSSR count). The third-order valence-electron chi connectivity index (χ3n) is 9.87. The highest BCUT2D eigenvalue weighted by atomic mass is 15.1. The van der Waals surface area contributed by atoms with Crippen molar-refractivity contribution in [3.63, 3.8) is 0 Å². The average Bonchev–Trinajstić information content (AvgIpc) is 3.22. The predicted octanol–water partition coefficient (Wildman–Crippen LogP) is 14.1. The average molecular weight is 650 g/mol. The lowest BCUT2D eigenvalue weighted by atomic mass is 9.92. The quantitative estimate of drug-likeness (QED) is 0.155. The van der Waals surface area contributed by atoms with Gasteiger partial charge in [0.15, 0.2) is 0 Å². The predicted molar refractivity (Wildman–Crippen MR) is 218 cm³/mol. The van der Waals surface area contributed by atoms with Crippen molar-refractivity contribution in [2.24, 2.45) is 0 Å². The van der Waals surface area contributed by atoms with Crippen LogP contribution in [-0.4, -0.2) is 0 Å². The van der Waals surface area contributed by atoms with Gasteiger partial charge in [-0.3, -0.25) is 0 Å². The Morgan fingerprint density at radius 2 is 0.706 bits per heavy atom. The van der Waals surface area contributed by atoms with Gasteiger partial charge in [-0.05, 0) is 90.8 Å². The van der Waals surface area contributed by atoms with Crippen LogP contribution in [0.1, 0.15) is 0 Å². The van der Waals surface area contributed by atoms with E-state index in [-0.39, 0.29) is 0 Å². The molecule has 0 fully saturated rings. The van der Waals surface area contributed by atoms with Gasteiger partial charge in [-0.2, -0.15) is 0 Å². The first kappa shape index (κ1) is 30.4. The number of fused-ring (bicyclic) bond motifs is 3. The zero-order valence-electron chi connectivity index (χ0n) is 28.2. The highest BCUT2D eigenvalue weighted by Gasteiger charge is 2.21. The molecule has 0 aliphatic heterocycles. The van der Waals surface area contributed by atoms with E-state index in [1.165, 1.54) is 66.1 Å². The van der Waals surface area contributed by atoms with Gasteiger partial charge in [0.05, 0.1) is 5.69 Å². The molecule has 0 saturated carbocycles. The minimum absolute atomic E-state index is 1.10. The van der Waals surface area contributed by atoms with E-state index >= 15 is 0 Å². The zero-order chi connectivity index (χ0) is 34.0. The van der Waals surface area contributed by atoms with E-state index < -0.39 is 0 Å². The number of para-hydroxylation sites is 1. The summed E-state index contributed by atoms with van der Waals surface area (Å²) in [7, 11) is 0. The summed E-state index contributed by atoms with van der Waals surface area (Å²) in [6.45, 7) is 0. The molecule has 0 aromatic heterocycles. The fourth-order valence-electron chi connectivity index (χ4n) is 7.44. The van der Waals surface area contributed by atoms with Crippen LogP contribution in [0, 0.1) is 0 Å². The van der Waals surface area contributed by atoms with Gasteiger partial charge < -0.3 is 4.90 Å². The molecule has 51 heavy (non-hydrogen) atoms. The van der Waals surface area contributed by atoms with Crippen molar-refractivity contribution in [1.29, 1.82) is 0 Å². The number of nitrogens with zero attached hydrogens (tertiary/aromatic N) is 1. The first-order chi connectivity index (χ1) is 25.3. The molecular weight excluding hydrogens is 615 g/mol. The molecule has 0 heterocycles. The molecule has 0 amide bonds. The van der Waals surface area contributed by atoms with E-state index in [1.54, 1.807) is 0 Å². The minimum atomic E-state index is 1.10. The lowest BCUT2D eigenvalue weighted by Crippen LogP contribution is -2.12. The Morgan fingerprint density at radius 3 is 1.39 bits per heavy atom. The Kier molecular flexibility index (Phi) is 7.92. The molecule has 9 aromatic rings. The molecule has 1 nitrogen and oxygen atoms in total. The van der Waals surface area contributed by atoms with Crippen molar-refractivity contribution in [3.8, 4) is 44.5 Å².